The van der Waals surface area contributed by atoms with Crippen LogP contribution >= 0.6 is 0 Å². The van der Waals surface area contributed by atoms with Crippen molar-refractivity contribution in [1.29, 1.82) is 0 Å². The van der Waals surface area contributed by atoms with Crippen molar-refractivity contribution in [2.75, 3.05) is 5.73 Å². The lowest BCUT2D eigenvalue weighted by molar-refractivity contribution is 0.00535. The van der Waals surface area contributed by atoms with Gasteiger partial charge in [-0.3, -0.25) is 4.68 Å². The first kappa shape index (κ1) is 12.9. The van der Waals surface area contributed by atoms with Crippen LogP contribution in [0.5, 0.6) is 0 Å². The molecule has 2 rings (SSSR count). The summed E-state index contributed by atoms with van der Waals surface area (Å²) in [4.78, 5) is 12.1. The van der Waals surface area contributed by atoms with Crippen LogP contribution in [0.4, 0.5) is 5.82 Å². The number of hydrogen-bond donors (Lipinski definition) is 1. The minimum atomic E-state index is -0.503. The van der Waals surface area contributed by atoms with E-state index in [1.807, 2.05) is 20.8 Å². The molecule has 0 saturated heterocycles. The van der Waals surface area contributed by atoms with Crippen molar-refractivity contribution in [3.63, 3.8) is 0 Å². The van der Waals surface area contributed by atoms with Gasteiger partial charge in [0.05, 0.1) is 6.04 Å². The maximum absolute atomic E-state index is 12.1. The third kappa shape index (κ3) is 2.83. The van der Waals surface area contributed by atoms with E-state index in [9.17, 15) is 4.79 Å². The number of anilines is 1. The van der Waals surface area contributed by atoms with Crippen LogP contribution in [0.3, 0.4) is 0 Å². The van der Waals surface area contributed by atoms with Crippen LogP contribution in [0, 0.1) is 0 Å². The molecule has 0 atom stereocenters. The van der Waals surface area contributed by atoms with Crippen LogP contribution in [0.1, 0.15) is 63.0 Å². The maximum Gasteiger partial charge on any atom is 0.357 e. The van der Waals surface area contributed by atoms with Gasteiger partial charge in [-0.2, -0.15) is 5.10 Å². The summed E-state index contributed by atoms with van der Waals surface area (Å²) in [6, 6.07) is 1.89. The van der Waals surface area contributed by atoms with Crippen molar-refractivity contribution < 1.29 is 9.53 Å². The molecule has 1 aromatic rings. The average molecular weight is 251 g/mol. The minimum Gasteiger partial charge on any atom is -0.455 e. The number of nitrogen functional groups attached to an aromatic ring is 1. The topological polar surface area (TPSA) is 70.1 Å². The van der Waals surface area contributed by atoms with Gasteiger partial charge in [0, 0.05) is 6.07 Å². The molecular weight excluding hydrogens is 230 g/mol. The van der Waals surface area contributed by atoms with Gasteiger partial charge < -0.3 is 10.5 Å². The van der Waals surface area contributed by atoms with Crippen LogP contribution in [0.25, 0.3) is 0 Å². The third-order valence-electron chi connectivity index (χ3n) is 3.03. The molecule has 1 heterocycles. The SMILES string of the molecule is CC(C)(C)OC(=O)c1cc(N)nn1C1CCCC1. The summed E-state index contributed by atoms with van der Waals surface area (Å²) in [7, 11) is 0. The molecule has 5 nitrogen and oxygen atoms in total. The highest BCUT2D eigenvalue weighted by atomic mass is 16.6. The zero-order valence-corrected chi connectivity index (χ0v) is 11.3. The normalized spacial score (nSPS) is 17.1. The fourth-order valence-corrected chi connectivity index (χ4v) is 2.32. The molecule has 0 amide bonds. The predicted octanol–water partition coefficient (Wildman–Crippen LogP) is 2.54. The fourth-order valence-electron chi connectivity index (χ4n) is 2.32. The number of nitrogens with two attached hydrogens (primary N) is 1. The van der Waals surface area contributed by atoms with Crippen LogP contribution in [0.2, 0.25) is 0 Å². The predicted molar refractivity (Wildman–Crippen MR) is 69.3 cm³/mol. The van der Waals surface area contributed by atoms with E-state index in [1.165, 1.54) is 12.8 Å². The molecule has 0 aliphatic heterocycles. The summed E-state index contributed by atoms with van der Waals surface area (Å²) in [6.45, 7) is 5.56. The molecule has 1 aliphatic carbocycles. The molecule has 0 unspecified atom stereocenters. The van der Waals surface area contributed by atoms with E-state index in [0.717, 1.165) is 12.8 Å². The van der Waals surface area contributed by atoms with E-state index in [-0.39, 0.29) is 12.0 Å². The Kier molecular flexibility index (Phi) is 3.32. The van der Waals surface area contributed by atoms with E-state index in [2.05, 4.69) is 5.10 Å². The highest BCUT2D eigenvalue weighted by Crippen LogP contribution is 2.31. The molecule has 0 bridgehead atoms. The van der Waals surface area contributed by atoms with Gasteiger partial charge in [-0.25, -0.2) is 4.79 Å². The van der Waals surface area contributed by atoms with Crippen molar-refractivity contribution in [2.24, 2.45) is 0 Å². The highest BCUT2D eigenvalue weighted by Gasteiger charge is 2.27. The summed E-state index contributed by atoms with van der Waals surface area (Å²) in [5, 5.41) is 4.24. The molecule has 18 heavy (non-hydrogen) atoms. The number of aromatic nitrogens is 2. The summed E-state index contributed by atoms with van der Waals surface area (Å²) >= 11 is 0. The van der Waals surface area contributed by atoms with E-state index in [4.69, 9.17) is 10.5 Å². The van der Waals surface area contributed by atoms with Gasteiger partial charge in [0.25, 0.3) is 0 Å². The summed E-state index contributed by atoms with van der Waals surface area (Å²) in [6.07, 6.45) is 4.46. The average Bonchev–Trinajstić information content (AvgIpc) is 2.82. The lowest BCUT2D eigenvalue weighted by atomic mass is 10.2. The van der Waals surface area contributed by atoms with E-state index < -0.39 is 5.60 Å². The number of nitrogens with zero attached hydrogens (tertiary/aromatic N) is 2. The van der Waals surface area contributed by atoms with Crippen molar-refractivity contribution in [2.45, 2.75) is 58.1 Å². The molecule has 0 radical (unpaired) electrons. The molecule has 1 aliphatic rings. The van der Waals surface area contributed by atoms with Gasteiger partial charge >= 0.3 is 5.97 Å². The second-order valence-electron chi connectivity index (χ2n) is 5.84. The second kappa shape index (κ2) is 4.63. The Labute approximate surface area is 107 Å². The smallest absolute Gasteiger partial charge is 0.357 e. The monoisotopic (exact) mass is 251 g/mol. The molecule has 100 valence electrons. The molecule has 1 aromatic heterocycles. The lowest BCUT2D eigenvalue weighted by Gasteiger charge is -2.20. The number of esters is 1. The van der Waals surface area contributed by atoms with Crippen LogP contribution in [-0.2, 0) is 4.74 Å². The van der Waals surface area contributed by atoms with Gasteiger partial charge in [0.15, 0.2) is 0 Å². The van der Waals surface area contributed by atoms with Crippen LogP contribution in [-0.4, -0.2) is 21.4 Å². The minimum absolute atomic E-state index is 0.282. The number of carbonyl (C=O) groups is 1. The van der Waals surface area contributed by atoms with Crippen LogP contribution < -0.4 is 5.73 Å². The van der Waals surface area contributed by atoms with Gasteiger partial charge in [-0.1, -0.05) is 12.8 Å². The number of hydrogen-bond acceptors (Lipinski definition) is 4. The largest absolute Gasteiger partial charge is 0.455 e. The Bertz CT molecular complexity index is 440. The van der Waals surface area contributed by atoms with Gasteiger partial charge in [0.2, 0.25) is 0 Å². The van der Waals surface area contributed by atoms with Crippen LogP contribution in [0.15, 0.2) is 6.07 Å². The van der Waals surface area contributed by atoms with Gasteiger partial charge in [0.1, 0.15) is 17.1 Å². The highest BCUT2D eigenvalue weighted by molar-refractivity contribution is 5.88. The summed E-state index contributed by atoms with van der Waals surface area (Å²) < 4.78 is 7.13. The van der Waals surface area contributed by atoms with E-state index >= 15 is 0 Å². The Morgan fingerprint density at radius 3 is 2.61 bits per heavy atom. The molecule has 2 N–H and O–H groups in total. The molecule has 5 heteroatoms. The van der Waals surface area contributed by atoms with Gasteiger partial charge in [-0.15, -0.1) is 0 Å². The molecule has 0 aromatic carbocycles. The molecular formula is C13H21N3O2. The van der Waals surface area contributed by atoms with E-state index in [1.54, 1.807) is 10.7 Å². The zero-order valence-electron chi connectivity index (χ0n) is 11.3. The first-order valence-electron chi connectivity index (χ1n) is 6.45. The lowest BCUT2D eigenvalue weighted by Crippen LogP contribution is -2.26. The Morgan fingerprint density at radius 2 is 2.06 bits per heavy atom. The quantitative estimate of drug-likeness (QED) is 0.820. The number of carbonyl (C=O) groups excluding carboxylic acids is 1. The van der Waals surface area contributed by atoms with Crippen molar-refractivity contribution in [3.8, 4) is 0 Å². The summed E-state index contributed by atoms with van der Waals surface area (Å²) in [5.41, 5.74) is 5.67. The molecule has 1 fully saturated rings. The Hall–Kier alpha value is -1.52. The van der Waals surface area contributed by atoms with Gasteiger partial charge in [-0.05, 0) is 33.6 Å². The first-order valence-corrected chi connectivity index (χ1v) is 6.45. The third-order valence-corrected chi connectivity index (χ3v) is 3.03. The number of rotatable bonds is 2. The number of ether oxygens (including phenoxy) is 1. The second-order valence-corrected chi connectivity index (χ2v) is 5.84. The zero-order chi connectivity index (χ0) is 13.3. The van der Waals surface area contributed by atoms with Crippen molar-refractivity contribution in [1.82, 2.24) is 9.78 Å². The molecule has 1 saturated carbocycles. The fraction of sp³-hybridized carbons (Fsp3) is 0.692. The Balaban J connectivity index is 2.24. The Morgan fingerprint density at radius 1 is 1.44 bits per heavy atom. The molecule has 0 spiro atoms. The summed E-state index contributed by atoms with van der Waals surface area (Å²) in [5.74, 6) is 0.0290. The van der Waals surface area contributed by atoms with Crippen molar-refractivity contribution >= 4 is 11.8 Å². The first-order chi connectivity index (χ1) is 8.37. The standard InChI is InChI=1S/C13H21N3O2/c1-13(2,3)18-12(17)10-8-11(14)15-16(10)9-6-4-5-7-9/h8-9H,4-7H2,1-3H3,(H2,14,15). The van der Waals surface area contributed by atoms with Crippen molar-refractivity contribution in [3.05, 3.63) is 11.8 Å². The van der Waals surface area contributed by atoms with E-state index in [0.29, 0.717) is 11.5 Å². The maximum atomic E-state index is 12.1.